The second-order valence-corrected chi connectivity index (χ2v) is 7.88. The van der Waals surface area contributed by atoms with Gasteiger partial charge in [0, 0.05) is 47.9 Å². The number of aromatic nitrogens is 2. The Hall–Kier alpha value is -3.32. The molecule has 0 amide bonds. The number of alkyl halides is 3. The van der Waals surface area contributed by atoms with Crippen LogP contribution in [0.4, 0.5) is 30.2 Å². The Morgan fingerprint density at radius 2 is 1.97 bits per heavy atom. The molecule has 6 nitrogen and oxygen atoms in total. The normalized spacial score (nSPS) is 14.5. The predicted octanol–water partition coefficient (Wildman–Crippen LogP) is 4.57. The van der Waals surface area contributed by atoms with Gasteiger partial charge in [-0.2, -0.15) is 13.2 Å². The first-order chi connectivity index (χ1) is 15.3. The molecule has 164 valence electrons. The third-order valence-corrected chi connectivity index (χ3v) is 5.69. The molecule has 2 aromatic heterocycles. The maximum absolute atomic E-state index is 13.9. The van der Waals surface area contributed by atoms with E-state index in [1.54, 1.807) is 30.0 Å². The van der Waals surface area contributed by atoms with Gasteiger partial charge < -0.3 is 15.3 Å². The van der Waals surface area contributed by atoms with E-state index in [0.717, 1.165) is 11.8 Å². The maximum Gasteiger partial charge on any atom is 0.418 e. The van der Waals surface area contributed by atoms with Gasteiger partial charge in [-0.15, -0.1) is 0 Å². The van der Waals surface area contributed by atoms with Crippen LogP contribution in [0.2, 0.25) is 12.6 Å². The summed E-state index contributed by atoms with van der Waals surface area (Å²) >= 11 is 0. The third-order valence-electron chi connectivity index (χ3n) is 5.69. The van der Waals surface area contributed by atoms with Crippen LogP contribution in [0.3, 0.4) is 0 Å². The van der Waals surface area contributed by atoms with E-state index in [0.29, 0.717) is 48.0 Å². The van der Waals surface area contributed by atoms with E-state index < -0.39 is 11.7 Å². The van der Waals surface area contributed by atoms with Crippen LogP contribution in [0.15, 0.2) is 36.5 Å². The number of rotatable bonds is 4. The summed E-state index contributed by atoms with van der Waals surface area (Å²) in [5, 5.41) is 21.8. The summed E-state index contributed by atoms with van der Waals surface area (Å²) in [6.45, 7) is 2.16. The van der Waals surface area contributed by atoms with Crippen molar-refractivity contribution in [2.75, 3.05) is 23.3 Å². The molecule has 4 rings (SSSR count). The summed E-state index contributed by atoms with van der Waals surface area (Å²) in [6.07, 6.45) is -1.97. The molecular formula is C22H21BF3N5O. The second-order valence-electron chi connectivity index (χ2n) is 7.88. The Balaban J connectivity index is 1.73. The van der Waals surface area contributed by atoms with Crippen LogP contribution in [-0.2, 0) is 12.8 Å². The molecule has 1 aliphatic rings. The fraction of sp³-hybridized carbons (Fsp3) is 0.318. The number of benzene rings is 1. The highest BCUT2D eigenvalue weighted by atomic mass is 19.4. The predicted molar refractivity (Wildman–Crippen MR) is 118 cm³/mol. The minimum absolute atomic E-state index is 0.107. The third kappa shape index (κ3) is 4.34. The van der Waals surface area contributed by atoms with E-state index >= 15 is 0 Å². The Kier molecular flexibility index (Phi) is 5.93. The van der Waals surface area contributed by atoms with Crippen LogP contribution in [-0.4, -0.2) is 34.9 Å². The van der Waals surface area contributed by atoms with Gasteiger partial charge in [-0.05, 0) is 49.9 Å². The van der Waals surface area contributed by atoms with Crippen LogP contribution in [0.5, 0.6) is 0 Å². The van der Waals surface area contributed by atoms with Crippen molar-refractivity contribution in [3.8, 4) is 5.97 Å². The van der Waals surface area contributed by atoms with Crippen LogP contribution in [0.1, 0.15) is 16.8 Å². The van der Waals surface area contributed by atoms with E-state index in [9.17, 15) is 18.3 Å². The van der Waals surface area contributed by atoms with Crippen molar-refractivity contribution in [2.24, 2.45) is 0 Å². The van der Waals surface area contributed by atoms with Gasteiger partial charge in [0.1, 0.15) is 5.52 Å². The first-order valence-electron chi connectivity index (χ1n) is 10.3. The van der Waals surface area contributed by atoms with Crippen molar-refractivity contribution in [3.63, 3.8) is 0 Å². The number of aliphatic hydroxyl groups is 1. The fourth-order valence-corrected chi connectivity index (χ4v) is 3.97. The average Bonchev–Trinajstić information content (AvgIpc) is 2.79. The molecule has 0 saturated carbocycles. The number of hydrogen-bond acceptors (Lipinski definition) is 6. The number of pyridine rings is 2. The van der Waals surface area contributed by atoms with Crippen molar-refractivity contribution < 1.29 is 18.3 Å². The van der Waals surface area contributed by atoms with E-state index in [1.807, 2.05) is 0 Å². The number of hydrogen-bond donors (Lipinski definition) is 2. The Labute approximate surface area is 183 Å². The molecule has 0 aliphatic carbocycles. The van der Waals surface area contributed by atoms with Crippen LogP contribution in [0.25, 0.3) is 11.0 Å². The molecule has 1 aromatic carbocycles. The molecule has 0 atom stereocenters. The topological polar surface area (TPSA) is 85.1 Å². The number of aliphatic hydroxyl groups excluding tert-OH is 1. The van der Waals surface area contributed by atoms with Gasteiger partial charge in [0.15, 0.2) is 0 Å². The molecule has 0 spiro atoms. The van der Waals surface area contributed by atoms with Crippen molar-refractivity contribution in [3.05, 3.63) is 53.3 Å². The zero-order chi connectivity index (χ0) is 22.9. The number of fused-ring (bicyclic) bond motifs is 1. The van der Waals surface area contributed by atoms with E-state index in [2.05, 4.69) is 21.3 Å². The van der Waals surface area contributed by atoms with Crippen LogP contribution >= 0.6 is 0 Å². The highest BCUT2D eigenvalue weighted by Gasteiger charge is 2.36. The van der Waals surface area contributed by atoms with Crippen molar-refractivity contribution in [1.82, 2.24) is 9.97 Å². The number of aryl methyl sites for hydroxylation is 1. The molecule has 10 heteroatoms. The van der Waals surface area contributed by atoms with Gasteiger partial charge in [0.05, 0.1) is 23.4 Å². The number of nitrogens with zero attached hydrogens (tertiary/aromatic N) is 4. The Morgan fingerprint density at radius 1 is 1.22 bits per heavy atom. The number of halogens is 3. The maximum atomic E-state index is 13.9. The summed E-state index contributed by atoms with van der Waals surface area (Å²) in [5.41, 5.74) is 2.24. The SMILES string of the molecule is Cc1ccc2ncc(CO)c(Nc3ccc(N4CCB(C#N)CC4)c(C(F)(F)F)c3)c2n1. The largest absolute Gasteiger partial charge is 0.418 e. The minimum atomic E-state index is -4.55. The molecule has 0 bridgehead atoms. The van der Waals surface area contributed by atoms with Gasteiger partial charge in [-0.3, -0.25) is 4.98 Å². The fourth-order valence-electron chi connectivity index (χ4n) is 3.97. The van der Waals surface area contributed by atoms with Crippen LogP contribution < -0.4 is 10.2 Å². The Morgan fingerprint density at radius 3 is 2.62 bits per heavy atom. The molecular weight excluding hydrogens is 418 g/mol. The monoisotopic (exact) mass is 439 g/mol. The summed E-state index contributed by atoms with van der Waals surface area (Å²) in [7, 11) is 0. The van der Waals surface area contributed by atoms with E-state index in [4.69, 9.17) is 5.26 Å². The molecule has 3 heterocycles. The quantitative estimate of drug-likeness (QED) is 0.580. The van der Waals surface area contributed by atoms with Gasteiger partial charge in [0.2, 0.25) is 0 Å². The summed E-state index contributed by atoms with van der Waals surface area (Å²) < 4.78 is 41.8. The first-order valence-corrected chi connectivity index (χ1v) is 10.3. The molecule has 1 fully saturated rings. The average molecular weight is 439 g/mol. The molecule has 0 unspecified atom stereocenters. The number of nitrogens with one attached hydrogen (secondary N) is 1. The van der Waals surface area contributed by atoms with Crippen molar-refractivity contribution >= 4 is 34.8 Å². The zero-order valence-electron chi connectivity index (χ0n) is 17.4. The second kappa shape index (κ2) is 8.67. The van der Waals surface area contributed by atoms with E-state index in [-0.39, 0.29) is 24.7 Å². The lowest BCUT2D eigenvalue weighted by molar-refractivity contribution is -0.137. The smallest absolute Gasteiger partial charge is 0.392 e. The number of nitriles is 1. The van der Waals surface area contributed by atoms with E-state index in [1.165, 1.54) is 12.3 Å². The lowest BCUT2D eigenvalue weighted by atomic mass is 9.45. The van der Waals surface area contributed by atoms with Gasteiger partial charge >= 0.3 is 6.18 Å². The number of anilines is 3. The molecule has 1 saturated heterocycles. The molecule has 3 aromatic rings. The van der Waals surface area contributed by atoms with Gasteiger partial charge in [0.25, 0.3) is 6.71 Å². The summed E-state index contributed by atoms with van der Waals surface area (Å²) in [4.78, 5) is 10.4. The highest BCUT2D eigenvalue weighted by molar-refractivity contribution is 6.67. The molecule has 1 aliphatic heterocycles. The summed E-state index contributed by atoms with van der Waals surface area (Å²) in [5.74, 6) is 2.20. The van der Waals surface area contributed by atoms with Gasteiger partial charge in [-0.25, -0.2) is 10.2 Å². The summed E-state index contributed by atoms with van der Waals surface area (Å²) in [6, 6.07) is 7.69. The first kappa shape index (κ1) is 21.9. The highest BCUT2D eigenvalue weighted by Crippen LogP contribution is 2.40. The van der Waals surface area contributed by atoms with Crippen molar-refractivity contribution in [2.45, 2.75) is 32.3 Å². The lowest BCUT2D eigenvalue weighted by Crippen LogP contribution is -2.37. The Bertz CT molecular complexity index is 1190. The van der Waals surface area contributed by atoms with Crippen molar-refractivity contribution in [1.29, 1.82) is 5.26 Å². The molecule has 2 N–H and O–H groups in total. The minimum Gasteiger partial charge on any atom is -0.392 e. The van der Waals surface area contributed by atoms with Crippen LogP contribution in [0, 0.1) is 18.2 Å². The molecule has 0 radical (unpaired) electrons. The zero-order valence-corrected chi connectivity index (χ0v) is 17.4. The van der Waals surface area contributed by atoms with Gasteiger partial charge in [-0.1, -0.05) is 0 Å². The standard InChI is InChI=1S/C22H21BF3N5O/c1-14-2-4-18-21(29-14)20(15(12-32)11-28-18)30-16-3-5-19(17(10-16)22(24,25)26)31-8-6-23(13-27)7-9-31/h2-5,10-11,32H,6-9,12H2,1H3,(H,28,30). The molecule has 32 heavy (non-hydrogen) atoms. The lowest BCUT2D eigenvalue weighted by Gasteiger charge is -2.32.